The standard InChI is InChI=1S/C18H29NO/c1-6-19-15-10-11-18(4,5)12-17(15)20-16-9-7-8-13(2)14(16)3/h7-9,15,17,19H,6,10-12H2,1-5H3. The monoisotopic (exact) mass is 275 g/mol. The Bertz CT molecular complexity index is 453. The molecule has 0 bridgehead atoms. The Kier molecular flexibility index (Phi) is 4.74. The molecule has 112 valence electrons. The zero-order chi connectivity index (χ0) is 14.8. The molecule has 0 amide bonds. The van der Waals surface area contributed by atoms with E-state index in [1.807, 2.05) is 0 Å². The second-order valence-electron chi connectivity index (χ2n) is 6.93. The van der Waals surface area contributed by atoms with E-state index in [9.17, 15) is 0 Å². The molecule has 0 saturated heterocycles. The van der Waals surface area contributed by atoms with E-state index in [2.05, 4.69) is 58.1 Å². The number of ether oxygens (including phenoxy) is 1. The summed E-state index contributed by atoms with van der Waals surface area (Å²) >= 11 is 0. The summed E-state index contributed by atoms with van der Waals surface area (Å²) in [5.41, 5.74) is 2.96. The molecule has 0 aliphatic heterocycles. The van der Waals surface area contributed by atoms with Gasteiger partial charge in [-0.15, -0.1) is 0 Å². The van der Waals surface area contributed by atoms with Crippen molar-refractivity contribution in [1.82, 2.24) is 5.32 Å². The van der Waals surface area contributed by atoms with Gasteiger partial charge in [0.1, 0.15) is 11.9 Å². The smallest absolute Gasteiger partial charge is 0.122 e. The Morgan fingerprint density at radius 1 is 1.30 bits per heavy atom. The third kappa shape index (κ3) is 3.54. The Morgan fingerprint density at radius 3 is 2.75 bits per heavy atom. The summed E-state index contributed by atoms with van der Waals surface area (Å²) < 4.78 is 6.41. The molecule has 0 aromatic heterocycles. The highest BCUT2D eigenvalue weighted by Gasteiger charge is 2.36. The van der Waals surface area contributed by atoms with Crippen LogP contribution >= 0.6 is 0 Å². The van der Waals surface area contributed by atoms with E-state index in [0.29, 0.717) is 11.5 Å². The summed E-state index contributed by atoms with van der Waals surface area (Å²) in [5.74, 6) is 1.05. The highest BCUT2D eigenvalue weighted by molar-refractivity contribution is 5.38. The van der Waals surface area contributed by atoms with Crippen molar-refractivity contribution in [3.05, 3.63) is 29.3 Å². The first-order chi connectivity index (χ1) is 9.43. The minimum atomic E-state index is 0.277. The fourth-order valence-electron chi connectivity index (χ4n) is 3.16. The van der Waals surface area contributed by atoms with Gasteiger partial charge >= 0.3 is 0 Å². The van der Waals surface area contributed by atoms with Crippen LogP contribution in [0.5, 0.6) is 5.75 Å². The number of likely N-dealkylation sites (N-methyl/N-ethyl adjacent to an activating group) is 1. The number of nitrogens with one attached hydrogen (secondary N) is 1. The molecule has 0 heterocycles. The minimum absolute atomic E-state index is 0.277. The molecular weight excluding hydrogens is 246 g/mol. The molecule has 20 heavy (non-hydrogen) atoms. The molecule has 1 aromatic carbocycles. The fraction of sp³-hybridized carbons (Fsp3) is 0.667. The molecule has 2 rings (SSSR count). The normalized spacial score (nSPS) is 25.4. The maximum absolute atomic E-state index is 6.41. The van der Waals surface area contributed by atoms with Crippen molar-refractivity contribution in [3.63, 3.8) is 0 Å². The van der Waals surface area contributed by atoms with Gasteiger partial charge in [-0.05, 0) is 62.3 Å². The van der Waals surface area contributed by atoms with E-state index >= 15 is 0 Å². The van der Waals surface area contributed by atoms with Crippen molar-refractivity contribution in [2.45, 2.75) is 66.0 Å². The van der Waals surface area contributed by atoms with Crippen LogP contribution in [0.3, 0.4) is 0 Å². The van der Waals surface area contributed by atoms with Gasteiger partial charge in [-0.1, -0.05) is 32.9 Å². The second-order valence-corrected chi connectivity index (χ2v) is 6.93. The highest BCUT2D eigenvalue weighted by atomic mass is 16.5. The number of rotatable bonds is 4. The van der Waals surface area contributed by atoms with Crippen molar-refractivity contribution >= 4 is 0 Å². The Morgan fingerprint density at radius 2 is 2.05 bits per heavy atom. The molecule has 1 saturated carbocycles. The molecule has 1 aliphatic rings. The second kappa shape index (κ2) is 6.17. The van der Waals surface area contributed by atoms with Crippen LogP contribution in [0.4, 0.5) is 0 Å². The van der Waals surface area contributed by atoms with Gasteiger partial charge in [0, 0.05) is 6.04 Å². The summed E-state index contributed by atoms with van der Waals surface area (Å²) in [4.78, 5) is 0. The summed E-state index contributed by atoms with van der Waals surface area (Å²) in [7, 11) is 0. The maximum atomic E-state index is 6.41. The molecule has 0 radical (unpaired) electrons. The fourth-order valence-corrected chi connectivity index (χ4v) is 3.16. The van der Waals surface area contributed by atoms with E-state index < -0.39 is 0 Å². The van der Waals surface area contributed by atoms with Crippen LogP contribution in [-0.4, -0.2) is 18.7 Å². The lowest BCUT2D eigenvalue weighted by molar-refractivity contribution is 0.0531. The SMILES string of the molecule is CCNC1CCC(C)(C)CC1Oc1cccc(C)c1C. The number of hydrogen-bond donors (Lipinski definition) is 1. The molecule has 2 nitrogen and oxygen atoms in total. The zero-order valence-electron chi connectivity index (χ0n) is 13.6. The minimum Gasteiger partial charge on any atom is -0.489 e. The van der Waals surface area contributed by atoms with Crippen LogP contribution in [0.25, 0.3) is 0 Å². The van der Waals surface area contributed by atoms with Gasteiger partial charge in [0.2, 0.25) is 0 Å². The van der Waals surface area contributed by atoms with E-state index in [-0.39, 0.29) is 6.10 Å². The maximum Gasteiger partial charge on any atom is 0.122 e. The van der Waals surface area contributed by atoms with Crippen LogP contribution < -0.4 is 10.1 Å². The number of aryl methyl sites for hydroxylation is 1. The number of hydrogen-bond acceptors (Lipinski definition) is 2. The van der Waals surface area contributed by atoms with Crippen molar-refractivity contribution in [3.8, 4) is 5.75 Å². The summed E-state index contributed by atoms with van der Waals surface area (Å²) in [6, 6.07) is 6.82. The van der Waals surface area contributed by atoms with Crippen molar-refractivity contribution in [1.29, 1.82) is 0 Å². The lowest BCUT2D eigenvalue weighted by atomic mass is 9.74. The average Bonchev–Trinajstić information content (AvgIpc) is 2.38. The Labute approximate surface area is 123 Å². The van der Waals surface area contributed by atoms with Crippen LogP contribution in [0.15, 0.2) is 18.2 Å². The predicted molar refractivity (Wildman–Crippen MR) is 85.4 cm³/mol. The van der Waals surface area contributed by atoms with Crippen LogP contribution in [0.2, 0.25) is 0 Å². The number of benzene rings is 1. The molecule has 2 unspecified atom stereocenters. The third-order valence-corrected chi connectivity index (χ3v) is 4.63. The summed E-state index contributed by atoms with van der Waals surface area (Å²) in [6.07, 6.45) is 3.88. The van der Waals surface area contributed by atoms with E-state index in [1.54, 1.807) is 0 Å². The van der Waals surface area contributed by atoms with Gasteiger partial charge < -0.3 is 10.1 Å². The van der Waals surface area contributed by atoms with Gasteiger partial charge in [0.15, 0.2) is 0 Å². The highest BCUT2D eigenvalue weighted by Crippen LogP contribution is 2.37. The van der Waals surface area contributed by atoms with Gasteiger partial charge in [0.25, 0.3) is 0 Å². The van der Waals surface area contributed by atoms with Gasteiger partial charge in [-0.2, -0.15) is 0 Å². The Balaban J connectivity index is 2.16. The lowest BCUT2D eigenvalue weighted by Gasteiger charge is -2.41. The van der Waals surface area contributed by atoms with Crippen LogP contribution in [0, 0.1) is 19.3 Å². The van der Waals surface area contributed by atoms with Crippen molar-refractivity contribution in [2.75, 3.05) is 6.54 Å². The van der Waals surface area contributed by atoms with Crippen LogP contribution in [-0.2, 0) is 0 Å². The summed E-state index contributed by atoms with van der Waals surface area (Å²) in [5, 5.41) is 3.60. The molecule has 2 heteroatoms. The Hall–Kier alpha value is -1.02. The van der Waals surface area contributed by atoms with E-state index in [1.165, 1.54) is 24.0 Å². The molecule has 1 N–H and O–H groups in total. The first-order valence-electron chi connectivity index (χ1n) is 7.89. The lowest BCUT2D eigenvalue weighted by Crippen LogP contribution is -2.49. The molecular formula is C18H29NO. The van der Waals surface area contributed by atoms with Crippen LogP contribution in [0.1, 0.15) is 51.2 Å². The molecule has 0 spiro atoms. The van der Waals surface area contributed by atoms with E-state index in [0.717, 1.165) is 18.7 Å². The zero-order valence-corrected chi connectivity index (χ0v) is 13.6. The average molecular weight is 275 g/mol. The van der Waals surface area contributed by atoms with Gasteiger partial charge in [-0.3, -0.25) is 0 Å². The van der Waals surface area contributed by atoms with Gasteiger partial charge in [0.05, 0.1) is 0 Å². The first-order valence-corrected chi connectivity index (χ1v) is 7.89. The topological polar surface area (TPSA) is 21.3 Å². The quantitative estimate of drug-likeness (QED) is 0.887. The molecule has 2 atom stereocenters. The largest absolute Gasteiger partial charge is 0.489 e. The van der Waals surface area contributed by atoms with Gasteiger partial charge in [-0.25, -0.2) is 0 Å². The molecule has 1 fully saturated rings. The molecule has 1 aliphatic carbocycles. The van der Waals surface area contributed by atoms with Crippen molar-refractivity contribution < 1.29 is 4.74 Å². The third-order valence-electron chi connectivity index (χ3n) is 4.63. The first kappa shape index (κ1) is 15.4. The predicted octanol–water partition coefficient (Wildman–Crippen LogP) is 4.24. The summed E-state index contributed by atoms with van der Waals surface area (Å²) in [6.45, 7) is 12.2. The van der Waals surface area contributed by atoms with E-state index in [4.69, 9.17) is 4.74 Å². The van der Waals surface area contributed by atoms with Crippen molar-refractivity contribution in [2.24, 2.45) is 5.41 Å². The molecule has 1 aromatic rings.